The van der Waals surface area contributed by atoms with E-state index in [4.69, 9.17) is 7.85 Å². The van der Waals surface area contributed by atoms with Crippen molar-refractivity contribution in [2.45, 2.75) is 58.5 Å². The SMILES string of the molecule is [B]c1ccc(C(c2ccc(OC(F)(F)F)cc2)N2CCN(C(=O)CC3CCNCC3)C(C(C)(C)C)C2)nc1. The van der Waals surface area contributed by atoms with Crippen molar-refractivity contribution >= 4 is 19.2 Å². The van der Waals surface area contributed by atoms with E-state index in [1.54, 1.807) is 24.4 Å². The predicted molar refractivity (Wildman–Crippen MR) is 141 cm³/mol. The maximum atomic E-state index is 13.5. The lowest BCUT2D eigenvalue weighted by molar-refractivity contribution is -0.274. The summed E-state index contributed by atoms with van der Waals surface area (Å²) < 4.78 is 42.2. The number of ether oxygens (including phenoxy) is 1. The number of nitrogens with zero attached hydrogens (tertiary/aromatic N) is 3. The van der Waals surface area contributed by atoms with Crippen LogP contribution < -0.4 is 15.5 Å². The molecule has 2 unspecified atom stereocenters. The summed E-state index contributed by atoms with van der Waals surface area (Å²) in [5.74, 6) is 0.338. The molecule has 2 fully saturated rings. The lowest BCUT2D eigenvalue weighted by Crippen LogP contribution is -2.60. The highest BCUT2D eigenvalue weighted by atomic mass is 19.4. The normalized spacial score (nSPS) is 20.8. The van der Waals surface area contributed by atoms with E-state index in [0.29, 0.717) is 37.4 Å². The van der Waals surface area contributed by atoms with Crippen molar-refractivity contribution in [1.29, 1.82) is 0 Å². The average Bonchev–Trinajstić information content (AvgIpc) is 2.85. The second-order valence-corrected chi connectivity index (χ2v) is 11.4. The van der Waals surface area contributed by atoms with Crippen LogP contribution in [0.4, 0.5) is 13.2 Å². The number of halogens is 3. The number of hydrogen-bond donors (Lipinski definition) is 1. The quantitative estimate of drug-likeness (QED) is 0.579. The Balaban J connectivity index is 1.59. The standard InChI is InChI=1S/C28H36BF3N4O2/c1-27(2,3)24-18-35(14-15-36(24)25(37)16-19-10-12-33-13-11-19)26(23-9-6-21(29)17-34-23)20-4-7-22(8-5-20)38-28(30,31)32/h4-9,17,19,24,26,33H,10-16,18H2,1-3H3. The Hall–Kier alpha value is -2.59. The molecule has 1 aromatic heterocycles. The maximum Gasteiger partial charge on any atom is 0.573 e. The lowest BCUT2D eigenvalue weighted by Gasteiger charge is -2.49. The van der Waals surface area contributed by atoms with Gasteiger partial charge in [0, 0.05) is 38.3 Å². The van der Waals surface area contributed by atoms with Crippen LogP contribution in [0.3, 0.4) is 0 Å². The molecule has 1 amide bonds. The van der Waals surface area contributed by atoms with Crippen molar-refractivity contribution < 1.29 is 22.7 Å². The molecular formula is C28H36BF3N4O2. The molecule has 10 heteroatoms. The number of amides is 1. The third kappa shape index (κ3) is 7.29. The molecule has 204 valence electrons. The number of rotatable bonds is 6. The van der Waals surface area contributed by atoms with Crippen LogP contribution in [0.5, 0.6) is 5.75 Å². The Labute approximate surface area is 224 Å². The fourth-order valence-electron chi connectivity index (χ4n) is 5.53. The number of alkyl halides is 3. The molecule has 2 aromatic rings. The molecule has 3 heterocycles. The van der Waals surface area contributed by atoms with Gasteiger partial charge in [-0.1, -0.05) is 44.4 Å². The van der Waals surface area contributed by atoms with Gasteiger partial charge in [0.1, 0.15) is 13.6 Å². The van der Waals surface area contributed by atoms with E-state index in [1.807, 2.05) is 11.0 Å². The third-order valence-electron chi connectivity index (χ3n) is 7.54. The van der Waals surface area contributed by atoms with E-state index in [0.717, 1.165) is 37.2 Å². The monoisotopic (exact) mass is 528 g/mol. The Morgan fingerprint density at radius 1 is 1.11 bits per heavy atom. The zero-order chi connectivity index (χ0) is 27.5. The second kappa shape index (κ2) is 11.7. The molecule has 0 bridgehead atoms. The fourth-order valence-corrected chi connectivity index (χ4v) is 5.53. The maximum absolute atomic E-state index is 13.5. The van der Waals surface area contributed by atoms with Crippen molar-refractivity contribution in [3.8, 4) is 5.75 Å². The van der Waals surface area contributed by atoms with Crippen molar-refractivity contribution in [3.05, 3.63) is 53.9 Å². The Kier molecular flexibility index (Phi) is 8.72. The van der Waals surface area contributed by atoms with E-state index < -0.39 is 6.36 Å². The molecule has 2 aliphatic heterocycles. The van der Waals surface area contributed by atoms with E-state index in [9.17, 15) is 18.0 Å². The summed E-state index contributed by atoms with van der Waals surface area (Å²) in [4.78, 5) is 22.4. The van der Waals surface area contributed by atoms with E-state index in [1.165, 1.54) is 12.1 Å². The predicted octanol–water partition coefficient (Wildman–Crippen LogP) is 3.81. The zero-order valence-electron chi connectivity index (χ0n) is 22.3. The molecule has 2 radical (unpaired) electrons. The number of hydrogen-bond acceptors (Lipinski definition) is 5. The molecule has 0 saturated carbocycles. The van der Waals surface area contributed by atoms with E-state index in [2.05, 4.69) is 40.7 Å². The average molecular weight is 528 g/mol. The summed E-state index contributed by atoms with van der Waals surface area (Å²) in [5.41, 5.74) is 1.89. The van der Waals surface area contributed by atoms with E-state index >= 15 is 0 Å². The molecule has 0 spiro atoms. The van der Waals surface area contributed by atoms with Gasteiger partial charge < -0.3 is 15.0 Å². The van der Waals surface area contributed by atoms with Crippen LogP contribution in [-0.2, 0) is 4.79 Å². The second-order valence-electron chi connectivity index (χ2n) is 11.4. The summed E-state index contributed by atoms with van der Waals surface area (Å²) >= 11 is 0. The molecule has 0 aliphatic carbocycles. The number of piperazine rings is 1. The first-order valence-corrected chi connectivity index (χ1v) is 13.2. The first kappa shape index (κ1) is 28.4. The molecule has 2 aliphatic rings. The number of benzene rings is 1. The van der Waals surface area contributed by atoms with Crippen molar-refractivity contribution in [2.24, 2.45) is 11.3 Å². The highest BCUT2D eigenvalue weighted by Crippen LogP contribution is 2.36. The fraction of sp³-hybridized carbons (Fsp3) is 0.571. The lowest BCUT2D eigenvalue weighted by atomic mass is 9.82. The minimum Gasteiger partial charge on any atom is -0.406 e. The van der Waals surface area contributed by atoms with Gasteiger partial charge in [-0.05, 0) is 61.0 Å². The van der Waals surface area contributed by atoms with Crippen LogP contribution in [0.15, 0.2) is 42.6 Å². The summed E-state index contributed by atoms with van der Waals surface area (Å²) in [7, 11) is 5.88. The van der Waals surface area contributed by atoms with Crippen LogP contribution in [-0.4, -0.2) is 73.7 Å². The summed E-state index contributed by atoms with van der Waals surface area (Å²) in [6.07, 6.45) is -0.562. The third-order valence-corrected chi connectivity index (χ3v) is 7.54. The number of nitrogens with one attached hydrogen (secondary N) is 1. The zero-order valence-corrected chi connectivity index (χ0v) is 22.3. The van der Waals surface area contributed by atoms with Crippen LogP contribution in [0.25, 0.3) is 0 Å². The molecule has 4 rings (SSSR count). The molecule has 1 aromatic carbocycles. The number of pyridine rings is 1. The summed E-state index contributed by atoms with van der Waals surface area (Å²) in [6, 6.07) is 9.21. The van der Waals surface area contributed by atoms with Gasteiger partial charge in [0.05, 0.1) is 11.7 Å². The summed E-state index contributed by atoms with van der Waals surface area (Å²) in [6.45, 7) is 10.1. The highest BCUT2D eigenvalue weighted by molar-refractivity contribution is 6.32. The van der Waals surface area contributed by atoms with Crippen molar-refractivity contribution in [2.75, 3.05) is 32.7 Å². The molecule has 2 atom stereocenters. The minimum absolute atomic E-state index is 0.0328. The topological polar surface area (TPSA) is 57.7 Å². The van der Waals surface area contributed by atoms with Gasteiger partial charge in [-0.2, -0.15) is 0 Å². The van der Waals surface area contributed by atoms with Crippen LogP contribution in [0.2, 0.25) is 0 Å². The van der Waals surface area contributed by atoms with E-state index in [-0.39, 0.29) is 29.2 Å². The summed E-state index contributed by atoms with van der Waals surface area (Å²) in [5, 5.41) is 3.36. The Morgan fingerprint density at radius 3 is 2.37 bits per heavy atom. The minimum atomic E-state index is -4.75. The van der Waals surface area contributed by atoms with Crippen LogP contribution in [0, 0.1) is 11.3 Å². The van der Waals surface area contributed by atoms with Gasteiger partial charge in [-0.15, -0.1) is 13.2 Å². The highest BCUT2D eigenvalue weighted by Gasteiger charge is 2.41. The van der Waals surface area contributed by atoms with Gasteiger partial charge in [-0.3, -0.25) is 14.7 Å². The van der Waals surface area contributed by atoms with Gasteiger partial charge in [-0.25, -0.2) is 0 Å². The first-order valence-electron chi connectivity index (χ1n) is 13.2. The Bertz CT molecular complexity index is 1070. The van der Waals surface area contributed by atoms with Gasteiger partial charge >= 0.3 is 6.36 Å². The van der Waals surface area contributed by atoms with Gasteiger partial charge in [0.2, 0.25) is 5.91 Å². The molecule has 38 heavy (non-hydrogen) atoms. The smallest absolute Gasteiger partial charge is 0.406 e. The number of aromatic nitrogens is 1. The molecule has 1 N–H and O–H groups in total. The largest absolute Gasteiger partial charge is 0.573 e. The number of piperidine rings is 1. The number of carbonyl (C=O) groups excluding carboxylic acids is 1. The van der Waals surface area contributed by atoms with Crippen LogP contribution >= 0.6 is 0 Å². The van der Waals surface area contributed by atoms with Gasteiger partial charge in [0.15, 0.2) is 0 Å². The first-order chi connectivity index (χ1) is 17.9. The van der Waals surface area contributed by atoms with Crippen LogP contribution in [0.1, 0.15) is 57.3 Å². The van der Waals surface area contributed by atoms with Gasteiger partial charge in [0.25, 0.3) is 0 Å². The number of carbonyl (C=O) groups is 1. The Morgan fingerprint density at radius 2 is 1.79 bits per heavy atom. The van der Waals surface area contributed by atoms with Crippen molar-refractivity contribution in [3.63, 3.8) is 0 Å². The molecule has 6 nitrogen and oxygen atoms in total. The molecular weight excluding hydrogens is 492 g/mol. The van der Waals surface area contributed by atoms with Crippen molar-refractivity contribution in [1.82, 2.24) is 20.1 Å². The molecule has 2 saturated heterocycles.